The average molecular weight is 394 g/mol. The number of nitrogens with one attached hydrogen (secondary N) is 2. The highest BCUT2D eigenvalue weighted by molar-refractivity contribution is 5.91. The van der Waals surface area contributed by atoms with Crippen LogP contribution < -0.4 is 5.32 Å². The largest absolute Gasteiger partial charge is 0.483 e. The van der Waals surface area contributed by atoms with E-state index in [9.17, 15) is 9.59 Å². The van der Waals surface area contributed by atoms with Crippen molar-refractivity contribution in [2.75, 3.05) is 26.3 Å². The van der Waals surface area contributed by atoms with E-state index in [1.54, 1.807) is 4.90 Å². The van der Waals surface area contributed by atoms with Crippen molar-refractivity contribution in [2.24, 2.45) is 5.92 Å². The number of carboxylic acid groups (broad SMARTS) is 1. The number of hydrogen-bond donors (Lipinski definition) is 3. The van der Waals surface area contributed by atoms with Crippen molar-refractivity contribution in [3.63, 3.8) is 0 Å². The summed E-state index contributed by atoms with van der Waals surface area (Å²) in [5, 5.41) is 23.7. The summed E-state index contributed by atoms with van der Waals surface area (Å²) in [6.45, 7) is 4.82. The summed E-state index contributed by atoms with van der Waals surface area (Å²) in [5.74, 6) is -0.520. The van der Waals surface area contributed by atoms with Gasteiger partial charge in [-0.25, -0.2) is 0 Å². The number of carbonyl (C=O) groups excluding carboxylic acids is 2. The van der Waals surface area contributed by atoms with Crippen LogP contribution in [0.5, 0.6) is 0 Å². The van der Waals surface area contributed by atoms with E-state index in [4.69, 9.17) is 14.6 Å². The molecule has 1 fully saturated rings. The van der Waals surface area contributed by atoms with E-state index in [1.807, 2.05) is 13.8 Å². The molecule has 13 nitrogen and oxygen atoms in total. The summed E-state index contributed by atoms with van der Waals surface area (Å²) in [7, 11) is 0. The van der Waals surface area contributed by atoms with Gasteiger partial charge in [0.2, 0.25) is 11.7 Å². The molecular formula is C15H22N8O5. The van der Waals surface area contributed by atoms with Gasteiger partial charge in [0.25, 0.3) is 18.3 Å². The van der Waals surface area contributed by atoms with Gasteiger partial charge < -0.3 is 20.1 Å². The minimum atomic E-state index is -0.422. The SMILES string of the molecule is CC(C)NC(=O)C1COCCN(C(=O)c2nc(-n3cnnc3)n[nH]2)C1.O=CO. The van der Waals surface area contributed by atoms with Crippen LogP contribution in [-0.2, 0) is 14.3 Å². The Hall–Kier alpha value is -3.35. The molecule has 2 amide bonds. The van der Waals surface area contributed by atoms with Crippen molar-refractivity contribution in [2.45, 2.75) is 19.9 Å². The van der Waals surface area contributed by atoms with Crippen LogP contribution >= 0.6 is 0 Å². The Labute approximate surface area is 160 Å². The highest BCUT2D eigenvalue weighted by Gasteiger charge is 2.29. The third-order valence-corrected chi connectivity index (χ3v) is 3.68. The van der Waals surface area contributed by atoms with Crippen molar-refractivity contribution >= 4 is 18.3 Å². The molecule has 3 N–H and O–H groups in total. The Morgan fingerprint density at radius 3 is 2.71 bits per heavy atom. The topological polar surface area (TPSA) is 168 Å². The van der Waals surface area contributed by atoms with Gasteiger partial charge in [-0.2, -0.15) is 4.98 Å². The van der Waals surface area contributed by atoms with Gasteiger partial charge in [-0.1, -0.05) is 0 Å². The second kappa shape index (κ2) is 10.1. The van der Waals surface area contributed by atoms with E-state index < -0.39 is 5.92 Å². The van der Waals surface area contributed by atoms with E-state index in [1.165, 1.54) is 17.2 Å². The molecule has 3 rings (SSSR count). The van der Waals surface area contributed by atoms with Crippen LogP contribution in [0.1, 0.15) is 24.5 Å². The van der Waals surface area contributed by atoms with Crippen LogP contribution in [0, 0.1) is 5.92 Å². The summed E-state index contributed by atoms with van der Waals surface area (Å²) >= 11 is 0. The van der Waals surface area contributed by atoms with Crippen molar-refractivity contribution in [1.82, 2.24) is 40.2 Å². The lowest BCUT2D eigenvalue weighted by Crippen LogP contribution is -2.43. The van der Waals surface area contributed by atoms with Crippen LogP contribution in [0.4, 0.5) is 0 Å². The smallest absolute Gasteiger partial charge is 0.291 e. The number of hydrogen-bond acceptors (Lipinski definition) is 8. The summed E-state index contributed by atoms with van der Waals surface area (Å²) in [4.78, 5) is 39.0. The van der Waals surface area contributed by atoms with Gasteiger partial charge in [-0.15, -0.1) is 15.3 Å². The normalized spacial score (nSPS) is 16.7. The summed E-state index contributed by atoms with van der Waals surface area (Å²) in [6, 6.07) is 0.0283. The summed E-state index contributed by atoms with van der Waals surface area (Å²) in [5.41, 5.74) is 0. The molecule has 2 aromatic rings. The first-order valence-corrected chi connectivity index (χ1v) is 8.48. The predicted molar refractivity (Wildman–Crippen MR) is 93.5 cm³/mol. The number of rotatable bonds is 4. The second-order valence-corrected chi connectivity index (χ2v) is 6.14. The molecule has 0 aromatic carbocycles. The van der Waals surface area contributed by atoms with E-state index in [-0.39, 0.29) is 49.3 Å². The Morgan fingerprint density at radius 2 is 2.07 bits per heavy atom. The number of aromatic nitrogens is 6. The van der Waals surface area contributed by atoms with Gasteiger partial charge >= 0.3 is 0 Å². The molecule has 1 unspecified atom stereocenters. The van der Waals surface area contributed by atoms with Gasteiger partial charge in [0.1, 0.15) is 12.7 Å². The first-order valence-electron chi connectivity index (χ1n) is 8.48. The second-order valence-electron chi connectivity index (χ2n) is 6.14. The maximum Gasteiger partial charge on any atom is 0.291 e. The summed E-state index contributed by atoms with van der Waals surface area (Å²) < 4.78 is 6.95. The molecular weight excluding hydrogens is 372 g/mol. The molecule has 13 heteroatoms. The molecule has 2 aromatic heterocycles. The Balaban J connectivity index is 0.000000878. The van der Waals surface area contributed by atoms with E-state index in [2.05, 4.69) is 30.7 Å². The van der Waals surface area contributed by atoms with Gasteiger partial charge in [0, 0.05) is 19.1 Å². The molecule has 0 aliphatic carbocycles. The third-order valence-electron chi connectivity index (χ3n) is 3.68. The Morgan fingerprint density at radius 1 is 1.39 bits per heavy atom. The molecule has 0 bridgehead atoms. The first-order chi connectivity index (χ1) is 13.5. The monoisotopic (exact) mass is 394 g/mol. The summed E-state index contributed by atoms with van der Waals surface area (Å²) in [6.07, 6.45) is 2.87. The zero-order chi connectivity index (χ0) is 20.5. The predicted octanol–water partition coefficient (Wildman–Crippen LogP) is -1.30. The number of amides is 2. The zero-order valence-electron chi connectivity index (χ0n) is 15.5. The molecule has 0 spiro atoms. The Kier molecular flexibility index (Phi) is 7.56. The third kappa shape index (κ3) is 5.57. The molecule has 1 saturated heterocycles. The van der Waals surface area contributed by atoms with Crippen molar-refractivity contribution in [1.29, 1.82) is 0 Å². The quantitative estimate of drug-likeness (QED) is 0.534. The van der Waals surface area contributed by atoms with Crippen LogP contribution in [0.15, 0.2) is 12.7 Å². The fourth-order valence-electron chi connectivity index (χ4n) is 2.47. The number of aromatic amines is 1. The fraction of sp³-hybridized carbons (Fsp3) is 0.533. The number of nitrogens with zero attached hydrogens (tertiary/aromatic N) is 6. The first kappa shape index (κ1) is 21.0. The van der Waals surface area contributed by atoms with Crippen molar-refractivity contribution in [3.8, 4) is 5.95 Å². The molecule has 1 aliphatic heterocycles. The van der Waals surface area contributed by atoms with Gasteiger partial charge in [-0.3, -0.25) is 24.0 Å². The van der Waals surface area contributed by atoms with Crippen molar-refractivity contribution < 1.29 is 24.2 Å². The minimum absolute atomic E-state index is 0.0283. The van der Waals surface area contributed by atoms with Crippen LogP contribution in [-0.4, -0.2) is 90.6 Å². The Bertz CT molecular complexity index is 775. The standard InChI is InChI=1S/C14H20N8O3.CH2O2/c1-9(2)17-12(23)10-5-21(3-4-25-6-10)13(24)11-18-14(20-19-11)22-7-15-16-8-22;2-1-3/h7-10H,3-6H2,1-2H3,(H,17,23)(H,18,19,20);1H,(H,2,3). The van der Waals surface area contributed by atoms with Crippen molar-refractivity contribution in [3.05, 3.63) is 18.5 Å². The molecule has 3 heterocycles. The molecule has 28 heavy (non-hydrogen) atoms. The van der Waals surface area contributed by atoms with Crippen LogP contribution in [0.2, 0.25) is 0 Å². The van der Waals surface area contributed by atoms with Crippen LogP contribution in [0.3, 0.4) is 0 Å². The average Bonchev–Trinajstić information content (AvgIpc) is 3.28. The van der Waals surface area contributed by atoms with E-state index >= 15 is 0 Å². The maximum absolute atomic E-state index is 12.7. The number of carbonyl (C=O) groups is 3. The maximum atomic E-state index is 12.7. The highest BCUT2D eigenvalue weighted by atomic mass is 16.5. The van der Waals surface area contributed by atoms with Gasteiger partial charge in [0.15, 0.2) is 0 Å². The van der Waals surface area contributed by atoms with E-state index in [0.29, 0.717) is 13.2 Å². The molecule has 152 valence electrons. The lowest BCUT2D eigenvalue weighted by molar-refractivity contribution is -0.127. The lowest BCUT2D eigenvalue weighted by Gasteiger charge is -2.22. The van der Waals surface area contributed by atoms with Gasteiger partial charge in [0.05, 0.1) is 19.1 Å². The van der Waals surface area contributed by atoms with Crippen LogP contribution in [0.25, 0.3) is 5.95 Å². The lowest BCUT2D eigenvalue weighted by atomic mass is 10.1. The molecule has 1 atom stereocenters. The fourth-order valence-corrected chi connectivity index (χ4v) is 2.47. The number of H-pyrrole nitrogens is 1. The zero-order valence-corrected chi connectivity index (χ0v) is 15.5. The molecule has 0 saturated carbocycles. The van der Waals surface area contributed by atoms with Gasteiger partial charge in [-0.05, 0) is 13.8 Å². The highest BCUT2D eigenvalue weighted by Crippen LogP contribution is 2.11. The molecule has 1 aliphatic rings. The minimum Gasteiger partial charge on any atom is -0.483 e. The molecule has 0 radical (unpaired) electrons. The van der Waals surface area contributed by atoms with E-state index in [0.717, 1.165) is 0 Å². The number of ether oxygens (including phenoxy) is 1.